The summed E-state index contributed by atoms with van der Waals surface area (Å²) in [6, 6.07) is 8.06. The van der Waals surface area contributed by atoms with Crippen molar-refractivity contribution in [2.75, 3.05) is 12.4 Å². The summed E-state index contributed by atoms with van der Waals surface area (Å²) in [5.41, 5.74) is 4.00. The molecule has 3 N–H and O–H groups in total. The largest absolute Gasteiger partial charge is 0.391 e. The number of aliphatic hydroxyl groups is 1. The Hall–Kier alpha value is -3.04. The van der Waals surface area contributed by atoms with Crippen LogP contribution < -0.4 is 10.6 Å². The van der Waals surface area contributed by atoms with Crippen LogP contribution in [-0.4, -0.2) is 49.7 Å². The van der Waals surface area contributed by atoms with Crippen LogP contribution >= 0.6 is 11.3 Å². The first-order valence-corrected chi connectivity index (χ1v) is 11.3. The van der Waals surface area contributed by atoms with Gasteiger partial charge in [-0.3, -0.25) is 4.79 Å². The molecule has 1 aromatic carbocycles. The molecule has 0 aliphatic heterocycles. The standard InChI is InChI=1S/C22H24N6O2S/c1-23-21(30)14-9-17-20(24-10-14)28(12-25-17)11-13-6-7-16-19(8-13)31-22(27-16)26-15-4-2-3-5-18(15)29/h6-10,12,15,18,29H,2-5,11H2,1H3,(H,23,30)(H,26,27)/t15-,18-/m1/s1. The molecule has 31 heavy (non-hydrogen) atoms. The van der Waals surface area contributed by atoms with Crippen molar-refractivity contribution in [3.63, 3.8) is 0 Å². The molecule has 9 heteroatoms. The van der Waals surface area contributed by atoms with Gasteiger partial charge in [-0.2, -0.15) is 0 Å². The molecule has 0 spiro atoms. The molecule has 3 aromatic heterocycles. The summed E-state index contributed by atoms with van der Waals surface area (Å²) >= 11 is 1.61. The van der Waals surface area contributed by atoms with Crippen molar-refractivity contribution in [1.29, 1.82) is 0 Å². The fourth-order valence-corrected chi connectivity index (χ4v) is 5.09. The van der Waals surface area contributed by atoms with Gasteiger partial charge in [0.2, 0.25) is 0 Å². The molecular weight excluding hydrogens is 412 g/mol. The lowest BCUT2D eigenvalue weighted by Crippen LogP contribution is -2.36. The van der Waals surface area contributed by atoms with Crippen LogP contribution in [0.15, 0.2) is 36.8 Å². The molecule has 1 fully saturated rings. The molecule has 3 heterocycles. The second-order valence-corrected chi connectivity index (χ2v) is 8.97. The Morgan fingerprint density at radius 3 is 2.94 bits per heavy atom. The van der Waals surface area contributed by atoms with E-state index >= 15 is 0 Å². The number of aliphatic hydroxyl groups excluding tert-OH is 1. The van der Waals surface area contributed by atoms with Crippen LogP contribution in [0.5, 0.6) is 0 Å². The molecular formula is C22H24N6O2S. The SMILES string of the molecule is CNC(=O)c1cnc2c(c1)ncn2Cc1ccc2nc(N[C@@H]3CCCC[C@H]3O)sc2c1. The maximum absolute atomic E-state index is 11.8. The second kappa shape index (κ2) is 8.24. The Morgan fingerprint density at radius 1 is 1.23 bits per heavy atom. The van der Waals surface area contributed by atoms with Crippen molar-refractivity contribution in [3.05, 3.63) is 47.9 Å². The lowest BCUT2D eigenvalue weighted by atomic mass is 9.93. The van der Waals surface area contributed by atoms with Gasteiger partial charge in [0.15, 0.2) is 10.8 Å². The summed E-state index contributed by atoms with van der Waals surface area (Å²) in [7, 11) is 1.60. The minimum Gasteiger partial charge on any atom is -0.391 e. The number of fused-ring (bicyclic) bond motifs is 2. The first-order valence-electron chi connectivity index (χ1n) is 10.5. The third-order valence-corrected chi connectivity index (χ3v) is 6.74. The monoisotopic (exact) mass is 436 g/mol. The molecule has 2 atom stereocenters. The maximum Gasteiger partial charge on any atom is 0.252 e. The summed E-state index contributed by atoms with van der Waals surface area (Å²) in [4.78, 5) is 25.4. The summed E-state index contributed by atoms with van der Waals surface area (Å²) in [6.45, 7) is 0.626. The first-order chi connectivity index (χ1) is 15.1. The van der Waals surface area contributed by atoms with Crippen molar-refractivity contribution in [2.45, 2.75) is 44.4 Å². The highest BCUT2D eigenvalue weighted by Gasteiger charge is 2.23. The van der Waals surface area contributed by atoms with E-state index in [0.29, 0.717) is 17.6 Å². The normalized spacial score (nSPS) is 19.0. The topological polar surface area (TPSA) is 105 Å². The predicted octanol–water partition coefficient (Wildman–Crippen LogP) is 3.16. The zero-order valence-electron chi connectivity index (χ0n) is 17.2. The van der Waals surface area contributed by atoms with Gasteiger partial charge < -0.3 is 20.3 Å². The van der Waals surface area contributed by atoms with Gasteiger partial charge in [-0.05, 0) is 36.6 Å². The van der Waals surface area contributed by atoms with Crippen LogP contribution in [0.1, 0.15) is 41.6 Å². The highest BCUT2D eigenvalue weighted by molar-refractivity contribution is 7.22. The average Bonchev–Trinajstić information content (AvgIpc) is 3.37. The third kappa shape index (κ3) is 3.98. The molecule has 8 nitrogen and oxygen atoms in total. The van der Waals surface area contributed by atoms with Gasteiger partial charge in [0, 0.05) is 13.2 Å². The van der Waals surface area contributed by atoms with Gasteiger partial charge >= 0.3 is 0 Å². The number of amides is 1. The van der Waals surface area contributed by atoms with Gasteiger partial charge in [-0.15, -0.1) is 0 Å². The van der Waals surface area contributed by atoms with Gasteiger partial charge in [0.05, 0.1) is 40.8 Å². The van der Waals surface area contributed by atoms with E-state index in [1.54, 1.807) is 37.0 Å². The second-order valence-electron chi connectivity index (χ2n) is 7.94. The number of hydrogen-bond acceptors (Lipinski definition) is 7. The number of nitrogens with one attached hydrogen (secondary N) is 2. The quantitative estimate of drug-likeness (QED) is 0.444. The van der Waals surface area contributed by atoms with E-state index < -0.39 is 0 Å². The zero-order valence-corrected chi connectivity index (χ0v) is 18.0. The fraction of sp³-hybridized carbons (Fsp3) is 0.364. The van der Waals surface area contributed by atoms with E-state index in [9.17, 15) is 9.90 Å². The summed E-state index contributed by atoms with van der Waals surface area (Å²) in [5.74, 6) is -0.176. The van der Waals surface area contributed by atoms with Crippen LogP contribution in [0.2, 0.25) is 0 Å². The van der Waals surface area contributed by atoms with Crippen molar-refractivity contribution >= 4 is 43.8 Å². The van der Waals surface area contributed by atoms with Gasteiger partial charge in [0.1, 0.15) is 5.52 Å². The number of carbonyl (C=O) groups is 1. The number of benzene rings is 1. The first kappa shape index (κ1) is 19.9. The molecule has 160 valence electrons. The number of aromatic nitrogens is 4. The number of rotatable bonds is 5. The maximum atomic E-state index is 11.8. The average molecular weight is 437 g/mol. The van der Waals surface area contributed by atoms with Crippen molar-refractivity contribution in [1.82, 2.24) is 24.8 Å². The van der Waals surface area contributed by atoms with Gasteiger partial charge in [0.25, 0.3) is 5.91 Å². The van der Waals surface area contributed by atoms with Crippen LogP contribution in [0.25, 0.3) is 21.4 Å². The van der Waals surface area contributed by atoms with E-state index in [0.717, 1.165) is 52.2 Å². The van der Waals surface area contributed by atoms with E-state index in [1.165, 1.54) is 0 Å². The van der Waals surface area contributed by atoms with E-state index in [4.69, 9.17) is 4.98 Å². The molecule has 1 amide bonds. The smallest absolute Gasteiger partial charge is 0.252 e. The Balaban J connectivity index is 1.36. The van der Waals surface area contributed by atoms with Gasteiger partial charge in [-0.1, -0.05) is 30.2 Å². The zero-order chi connectivity index (χ0) is 21.4. The third-order valence-electron chi connectivity index (χ3n) is 5.79. The number of thiazole rings is 1. The Labute approximate surface area is 183 Å². The Morgan fingerprint density at radius 2 is 2.10 bits per heavy atom. The molecule has 4 aromatic rings. The molecule has 1 aliphatic rings. The number of pyridine rings is 1. The minimum absolute atomic E-state index is 0.0804. The van der Waals surface area contributed by atoms with E-state index in [2.05, 4.69) is 32.7 Å². The molecule has 0 saturated heterocycles. The van der Waals surface area contributed by atoms with E-state index in [1.807, 2.05) is 10.6 Å². The molecule has 0 bridgehead atoms. The summed E-state index contributed by atoms with van der Waals surface area (Å²) in [6.07, 6.45) is 7.08. The highest BCUT2D eigenvalue weighted by atomic mass is 32.1. The van der Waals surface area contributed by atoms with Crippen molar-refractivity contribution in [3.8, 4) is 0 Å². The van der Waals surface area contributed by atoms with Crippen molar-refractivity contribution < 1.29 is 9.90 Å². The predicted molar refractivity (Wildman–Crippen MR) is 122 cm³/mol. The summed E-state index contributed by atoms with van der Waals surface area (Å²) in [5, 5.41) is 17.1. The number of imidazole rings is 1. The minimum atomic E-state index is -0.303. The van der Waals surface area contributed by atoms with Crippen LogP contribution in [0.3, 0.4) is 0 Å². The van der Waals surface area contributed by atoms with Crippen molar-refractivity contribution in [2.24, 2.45) is 0 Å². The number of hydrogen-bond donors (Lipinski definition) is 3. The van der Waals surface area contributed by atoms with Crippen LogP contribution in [0, 0.1) is 0 Å². The lowest BCUT2D eigenvalue weighted by Gasteiger charge is -2.27. The molecule has 5 rings (SSSR count). The molecule has 1 saturated carbocycles. The lowest BCUT2D eigenvalue weighted by molar-refractivity contribution is 0.0963. The number of carbonyl (C=O) groups excluding carboxylic acids is 1. The van der Waals surface area contributed by atoms with E-state index in [-0.39, 0.29) is 18.1 Å². The molecule has 0 radical (unpaired) electrons. The molecule has 1 aliphatic carbocycles. The number of anilines is 1. The van der Waals surface area contributed by atoms with Crippen LogP contribution in [-0.2, 0) is 6.54 Å². The van der Waals surface area contributed by atoms with Crippen LogP contribution in [0.4, 0.5) is 5.13 Å². The van der Waals surface area contributed by atoms with Gasteiger partial charge in [-0.25, -0.2) is 15.0 Å². The highest BCUT2D eigenvalue weighted by Crippen LogP contribution is 2.30. The summed E-state index contributed by atoms with van der Waals surface area (Å²) < 4.78 is 3.08. The number of nitrogens with zero attached hydrogens (tertiary/aromatic N) is 4. The molecule has 0 unspecified atom stereocenters. The fourth-order valence-electron chi connectivity index (χ4n) is 4.10. The Bertz CT molecular complexity index is 1250. The Kier molecular flexibility index (Phi) is 5.29.